The van der Waals surface area contributed by atoms with E-state index in [-0.39, 0.29) is 5.54 Å². The lowest BCUT2D eigenvalue weighted by molar-refractivity contribution is -0.0917. The van der Waals surface area contributed by atoms with Gasteiger partial charge in [0.25, 0.3) is 0 Å². The summed E-state index contributed by atoms with van der Waals surface area (Å²) in [5.74, 6) is 0.782. The van der Waals surface area contributed by atoms with E-state index in [1.54, 1.807) is 0 Å². The minimum atomic E-state index is 0.261. The Morgan fingerprint density at radius 1 is 1.35 bits per heavy atom. The van der Waals surface area contributed by atoms with Crippen LogP contribution in [0, 0.1) is 5.92 Å². The van der Waals surface area contributed by atoms with Crippen molar-refractivity contribution in [2.45, 2.75) is 63.6 Å². The van der Waals surface area contributed by atoms with E-state index in [4.69, 9.17) is 10.5 Å². The van der Waals surface area contributed by atoms with Crippen LogP contribution in [-0.2, 0) is 4.74 Å². The molecular formula is C14H28N2O. The fourth-order valence-corrected chi connectivity index (χ4v) is 3.06. The van der Waals surface area contributed by atoms with Crippen LogP contribution in [0.5, 0.6) is 0 Å². The fourth-order valence-electron chi connectivity index (χ4n) is 3.06. The van der Waals surface area contributed by atoms with Crippen LogP contribution in [0.25, 0.3) is 0 Å². The lowest BCUT2D eigenvalue weighted by Crippen LogP contribution is -2.64. The molecule has 0 heterocycles. The Balaban J connectivity index is 1.94. The summed E-state index contributed by atoms with van der Waals surface area (Å²) in [6.45, 7) is 6.62. The van der Waals surface area contributed by atoms with E-state index in [1.807, 2.05) is 7.11 Å². The quantitative estimate of drug-likeness (QED) is 0.740. The molecule has 2 N–H and O–H groups in total. The third-order valence-electron chi connectivity index (χ3n) is 4.47. The van der Waals surface area contributed by atoms with Gasteiger partial charge in [-0.15, -0.1) is 0 Å². The van der Waals surface area contributed by atoms with Gasteiger partial charge in [0.05, 0.1) is 6.10 Å². The second-order valence-corrected chi connectivity index (χ2v) is 6.30. The minimum absolute atomic E-state index is 0.261. The van der Waals surface area contributed by atoms with Crippen LogP contribution in [0.2, 0.25) is 0 Å². The van der Waals surface area contributed by atoms with Gasteiger partial charge in [-0.05, 0) is 44.6 Å². The van der Waals surface area contributed by atoms with Gasteiger partial charge in [0.1, 0.15) is 0 Å². The largest absolute Gasteiger partial charge is 0.381 e. The standard InChI is InChI=1S/C14H28N2O/c1-11(2)6-7-16(12-4-5-12)14(10-15)8-13(9-14)17-3/h11-13H,4-10,15H2,1-3H3. The highest BCUT2D eigenvalue weighted by Crippen LogP contribution is 2.44. The number of nitrogens with two attached hydrogens (primary N) is 1. The van der Waals surface area contributed by atoms with Crippen LogP contribution in [0.1, 0.15) is 46.0 Å². The lowest BCUT2D eigenvalue weighted by atomic mass is 9.72. The zero-order chi connectivity index (χ0) is 12.5. The Bertz CT molecular complexity index is 245. The smallest absolute Gasteiger partial charge is 0.0607 e. The van der Waals surface area contributed by atoms with Crippen LogP contribution in [0.4, 0.5) is 0 Å². The maximum absolute atomic E-state index is 6.06. The SMILES string of the molecule is COC1CC(CN)(N(CCC(C)C)C2CC2)C1. The van der Waals surface area contributed by atoms with Crippen LogP contribution < -0.4 is 5.73 Å². The predicted octanol–water partition coefficient (Wildman–Crippen LogP) is 2.00. The van der Waals surface area contributed by atoms with Crippen LogP contribution in [-0.4, -0.2) is 42.8 Å². The number of methoxy groups -OCH3 is 1. The third-order valence-corrected chi connectivity index (χ3v) is 4.47. The maximum Gasteiger partial charge on any atom is 0.0607 e. The molecule has 3 heteroatoms. The molecule has 0 aliphatic heterocycles. The first kappa shape index (κ1) is 13.3. The average molecular weight is 240 g/mol. The Labute approximate surface area is 106 Å². The van der Waals surface area contributed by atoms with E-state index < -0.39 is 0 Å². The van der Waals surface area contributed by atoms with Gasteiger partial charge in [-0.1, -0.05) is 13.8 Å². The molecule has 0 radical (unpaired) electrons. The Hall–Kier alpha value is -0.120. The van der Waals surface area contributed by atoms with Crippen molar-refractivity contribution in [1.29, 1.82) is 0 Å². The first-order valence-corrected chi connectivity index (χ1v) is 7.11. The van der Waals surface area contributed by atoms with Crippen LogP contribution in [0.3, 0.4) is 0 Å². The number of ether oxygens (including phenoxy) is 1. The number of hydrogen-bond acceptors (Lipinski definition) is 3. The summed E-state index contributed by atoms with van der Waals surface area (Å²) in [5.41, 5.74) is 6.32. The van der Waals surface area contributed by atoms with Crippen molar-refractivity contribution >= 4 is 0 Å². The van der Waals surface area contributed by atoms with E-state index in [9.17, 15) is 0 Å². The monoisotopic (exact) mass is 240 g/mol. The molecule has 0 aromatic heterocycles. The Morgan fingerprint density at radius 3 is 2.41 bits per heavy atom. The average Bonchev–Trinajstić information content (AvgIpc) is 3.05. The van der Waals surface area contributed by atoms with Crippen molar-refractivity contribution in [3.63, 3.8) is 0 Å². The normalized spacial score (nSPS) is 33.2. The van der Waals surface area contributed by atoms with Gasteiger partial charge >= 0.3 is 0 Å². The molecule has 0 amide bonds. The minimum Gasteiger partial charge on any atom is -0.381 e. The van der Waals surface area contributed by atoms with Gasteiger partial charge in [0.15, 0.2) is 0 Å². The molecule has 0 saturated heterocycles. The van der Waals surface area contributed by atoms with Crippen molar-refractivity contribution < 1.29 is 4.74 Å². The van der Waals surface area contributed by atoms with Crippen molar-refractivity contribution in [1.82, 2.24) is 4.90 Å². The Morgan fingerprint density at radius 2 is 2.00 bits per heavy atom. The van der Waals surface area contributed by atoms with Gasteiger partial charge in [-0.2, -0.15) is 0 Å². The summed E-state index contributed by atoms with van der Waals surface area (Å²) in [4.78, 5) is 2.71. The number of hydrogen-bond donors (Lipinski definition) is 1. The van der Waals surface area contributed by atoms with Gasteiger partial charge < -0.3 is 10.5 Å². The molecule has 2 aliphatic rings. The van der Waals surface area contributed by atoms with Gasteiger partial charge in [0.2, 0.25) is 0 Å². The van der Waals surface area contributed by atoms with Gasteiger partial charge in [-0.3, -0.25) is 4.90 Å². The molecule has 2 aliphatic carbocycles. The first-order valence-electron chi connectivity index (χ1n) is 7.11. The van der Waals surface area contributed by atoms with Crippen molar-refractivity contribution in [3.05, 3.63) is 0 Å². The molecule has 0 aromatic rings. The highest BCUT2D eigenvalue weighted by Gasteiger charge is 2.51. The predicted molar refractivity (Wildman–Crippen MR) is 71.0 cm³/mol. The summed E-state index contributed by atoms with van der Waals surface area (Å²) < 4.78 is 5.44. The molecular weight excluding hydrogens is 212 g/mol. The van der Waals surface area contributed by atoms with Gasteiger partial charge in [-0.25, -0.2) is 0 Å². The number of rotatable bonds is 7. The van der Waals surface area contributed by atoms with Crippen molar-refractivity contribution in [2.75, 3.05) is 20.2 Å². The van der Waals surface area contributed by atoms with E-state index in [2.05, 4.69) is 18.7 Å². The van der Waals surface area contributed by atoms with Gasteiger partial charge in [0, 0.05) is 25.2 Å². The molecule has 0 unspecified atom stereocenters. The highest BCUT2D eigenvalue weighted by molar-refractivity contribution is 5.08. The zero-order valence-electron chi connectivity index (χ0n) is 11.6. The first-order chi connectivity index (χ1) is 8.11. The van der Waals surface area contributed by atoms with Crippen LogP contribution in [0.15, 0.2) is 0 Å². The van der Waals surface area contributed by atoms with E-state index >= 15 is 0 Å². The molecule has 100 valence electrons. The Kier molecular flexibility index (Phi) is 4.11. The second-order valence-electron chi connectivity index (χ2n) is 6.30. The van der Waals surface area contributed by atoms with E-state index in [0.717, 1.165) is 31.3 Å². The molecule has 2 rings (SSSR count). The summed E-state index contributed by atoms with van der Waals surface area (Å²) in [5, 5.41) is 0. The molecule has 2 saturated carbocycles. The summed E-state index contributed by atoms with van der Waals surface area (Å²) in [6, 6.07) is 0.815. The van der Waals surface area contributed by atoms with E-state index in [1.165, 1.54) is 25.8 Å². The second kappa shape index (κ2) is 5.25. The van der Waals surface area contributed by atoms with Crippen molar-refractivity contribution in [3.8, 4) is 0 Å². The lowest BCUT2D eigenvalue weighted by Gasteiger charge is -2.54. The summed E-state index contributed by atoms with van der Waals surface area (Å²) in [6.07, 6.45) is 6.74. The van der Waals surface area contributed by atoms with Crippen molar-refractivity contribution in [2.24, 2.45) is 11.7 Å². The molecule has 0 spiro atoms. The summed E-state index contributed by atoms with van der Waals surface area (Å²) >= 11 is 0. The van der Waals surface area contributed by atoms with Crippen LogP contribution >= 0.6 is 0 Å². The fraction of sp³-hybridized carbons (Fsp3) is 1.00. The van der Waals surface area contributed by atoms with E-state index in [0.29, 0.717) is 6.10 Å². The molecule has 17 heavy (non-hydrogen) atoms. The topological polar surface area (TPSA) is 38.5 Å². The molecule has 0 bridgehead atoms. The third kappa shape index (κ3) is 2.83. The summed E-state index contributed by atoms with van der Waals surface area (Å²) in [7, 11) is 1.82. The zero-order valence-corrected chi connectivity index (χ0v) is 11.6. The molecule has 2 fully saturated rings. The maximum atomic E-state index is 6.06. The molecule has 3 nitrogen and oxygen atoms in total. The molecule has 0 aromatic carbocycles. The molecule has 0 atom stereocenters. The highest BCUT2D eigenvalue weighted by atomic mass is 16.5. The number of nitrogens with zero attached hydrogens (tertiary/aromatic N) is 1.